The third kappa shape index (κ3) is 3.79. The van der Waals surface area contributed by atoms with Crippen molar-refractivity contribution in [3.05, 3.63) is 47.3 Å². The summed E-state index contributed by atoms with van der Waals surface area (Å²) in [5, 5.41) is 4.51. The summed E-state index contributed by atoms with van der Waals surface area (Å²) < 4.78 is 1.91. The summed E-state index contributed by atoms with van der Waals surface area (Å²) in [5.41, 5.74) is 4.07. The van der Waals surface area contributed by atoms with Crippen molar-refractivity contribution in [3.8, 4) is 5.69 Å². The molecule has 0 spiro atoms. The topological polar surface area (TPSA) is 58.4 Å². The molecule has 1 saturated heterocycles. The average Bonchev–Trinajstić information content (AvgIpc) is 3.10. The van der Waals surface area contributed by atoms with Crippen molar-refractivity contribution in [2.24, 2.45) is 0 Å². The van der Waals surface area contributed by atoms with Gasteiger partial charge < -0.3 is 9.80 Å². The standard InChI is InChI=1S/C20H26N4O2/c1-14-10-16(3)24(21-14)18-7-5-6-17(11-18)12-22(4)20(26)13-23-15(2)8-9-19(23)25/h5-7,10-11,15H,8-9,12-13H2,1-4H3/t15-/m0/s1. The number of carbonyl (C=O) groups is 2. The molecular formula is C20H26N4O2. The summed E-state index contributed by atoms with van der Waals surface area (Å²) in [7, 11) is 1.78. The molecule has 26 heavy (non-hydrogen) atoms. The SMILES string of the molecule is Cc1cc(C)n(-c2cccc(CN(C)C(=O)CN3C(=O)CC[C@@H]3C)c2)n1. The minimum Gasteiger partial charge on any atom is -0.340 e. The van der Waals surface area contributed by atoms with Gasteiger partial charge in [-0.2, -0.15) is 5.10 Å². The lowest BCUT2D eigenvalue weighted by atomic mass is 10.2. The predicted molar refractivity (Wildman–Crippen MR) is 99.9 cm³/mol. The highest BCUT2D eigenvalue weighted by Crippen LogP contribution is 2.18. The van der Waals surface area contributed by atoms with E-state index in [1.165, 1.54) is 0 Å². The van der Waals surface area contributed by atoms with Crippen LogP contribution in [-0.2, 0) is 16.1 Å². The van der Waals surface area contributed by atoms with Crippen LogP contribution in [0.4, 0.5) is 0 Å². The van der Waals surface area contributed by atoms with E-state index in [1.54, 1.807) is 16.8 Å². The van der Waals surface area contributed by atoms with Crippen LogP contribution in [0.1, 0.15) is 36.7 Å². The molecule has 1 fully saturated rings. The van der Waals surface area contributed by atoms with E-state index in [2.05, 4.69) is 5.10 Å². The Hall–Kier alpha value is -2.63. The van der Waals surface area contributed by atoms with Crippen molar-refractivity contribution >= 4 is 11.8 Å². The number of aromatic nitrogens is 2. The highest BCUT2D eigenvalue weighted by molar-refractivity contribution is 5.86. The molecule has 1 aliphatic rings. The highest BCUT2D eigenvalue weighted by Gasteiger charge is 2.29. The number of likely N-dealkylation sites (tertiary alicyclic amines) is 1. The summed E-state index contributed by atoms with van der Waals surface area (Å²) in [5.74, 6) is 0.0365. The van der Waals surface area contributed by atoms with Crippen LogP contribution < -0.4 is 0 Å². The molecule has 0 saturated carbocycles. The molecule has 0 radical (unpaired) electrons. The Morgan fingerprint density at radius 1 is 1.31 bits per heavy atom. The molecule has 0 bridgehead atoms. The van der Waals surface area contributed by atoms with Gasteiger partial charge in [-0.05, 0) is 51.0 Å². The molecule has 2 amide bonds. The van der Waals surface area contributed by atoms with Crippen LogP contribution >= 0.6 is 0 Å². The number of carbonyl (C=O) groups excluding carboxylic acids is 2. The van der Waals surface area contributed by atoms with Crippen LogP contribution in [0.5, 0.6) is 0 Å². The maximum Gasteiger partial charge on any atom is 0.242 e. The molecule has 3 rings (SSSR count). The normalized spacial score (nSPS) is 17.0. The summed E-state index contributed by atoms with van der Waals surface area (Å²) in [4.78, 5) is 27.8. The van der Waals surface area contributed by atoms with Crippen molar-refractivity contribution < 1.29 is 9.59 Å². The molecule has 1 aromatic carbocycles. The van der Waals surface area contributed by atoms with Gasteiger partial charge >= 0.3 is 0 Å². The van der Waals surface area contributed by atoms with Crippen molar-refractivity contribution in [1.82, 2.24) is 19.6 Å². The van der Waals surface area contributed by atoms with Gasteiger partial charge in [-0.3, -0.25) is 9.59 Å². The maximum absolute atomic E-state index is 12.5. The molecule has 138 valence electrons. The van der Waals surface area contributed by atoms with E-state index in [-0.39, 0.29) is 24.4 Å². The minimum absolute atomic E-state index is 0.0383. The zero-order chi connectivity index (χ0) is 18.8. The Labute approximate surface area is 154 Å². The van der Waals surface area contributed by atoms with Gasteiger partial charge in [0.1, 0.15) is 0 Å². The van der Waals surface area contributed by atoms with Crippen LogP contribution in [-0.4, -0.2) is 51.0 Å². The lowest BCUT2D eigenvalue weighted by molar-refractivity contribution is -0.138. The largest absolute Gasteiger partial charge is 0.340 e. The lowest BCUT2D eigenvalue weighted by Gasteiger charge is -2.25. The summed E-state index contributed by atoms with van der Waals surface area (Å²) in [6.45, 7) is 6.66. The Morgan fingerprint density at radius 3 is 2.69 bits per heavy atom. The second-order valence-corrected chi connectivity index (χ2v) is 7.17. The quantitative estimate of drug-likeness (QED) is 0.829. The van der Waals surface area contributed by atoms with Gasteiger partial charge in [0.05, 0.1) is 17.9 Å². The van der Waals surface area contributed by atoms with Crippen LogP contribution in [0.15, 0.2) is 30.3 Å². The first-order valence-corrected chi connectivity index (χ1v) is 9.01. The molecule has 2 aromatic rings. The number of benzene rings is 1. The van der Waals surface area contributed by atoms with Crippen LogP contribution in [0.2, 0.25) is 0 Å². The third-order valence-electron chi connectivity index (χ3n) is 4.94. The molecular weight excluding hydrogens is 328 g/mol. The van der Waals surface area contributed by atoms with E-state index < -0.39 is 0 Å². The van der Waals surface area contributed by atoms with Gasteiger partial charge in [-0.1, -0.05) is 12.1 Å². The molecule has 1 aliphatic heterocycles. The smallest absolute Gasteiger partial charge is 0.242 e. The Kier molecular flexibility index (Phi) is 5.11. The maximum atomic E-state index is 12.5. The minimum atomic E-state index is -0.0383. The van der Waals surface area contributed by atoms with Crippen LogP contribution in [0.3, 0.4) is 0 Å². The number of hydrogen-bond donors (Lipinski definition) is 0. The highest BCUT2D eigenvalue weighted by atomic mass is 16.2. The van der Waals surface area contributed by atoms with Crippen LogP contribution in [0, 0.1) is 13.8 Å². The predicted octanol–water partition coefficient (Wildman–Crippen LogP) is 2.46. The Balaban J connectivity index is 1.68. The molecule has 0 unspecified atom stereocenters. The summed E-state index contributed by atoms with van der Waals surface area (Å²) >= 11 is 0. The van der Waals surface area contributed by atoms with E-state index in [0.29, 0.717) is 13.0 Å². The van der Waals surface area contributed by atoms with Crippen molar-refractivity contribution in [2.45, 2.75) is 46.2 Å². The van der Waals surface area contributed by atoms with Gasteiger partial charge in [0.15, 0.2) is 0 Å². The second kappa shape index (κ2) is 7.32. The van der Waals surface area contributed by atoms with Gasteiger partial charge in [-0.15, -0.1) is 0 Å². The molecule has 2 heterocycles. The van der Waals surface area contributed by atoms with E-state index in [0.717, 1.165) is 29.1 Å². The van der Waals surface area contributed by atoms with E-state index in [9.17, 15) is 9.59 Å². The second-order valence-electron chi connectivity index (χ2n) is 7.17. The monoisotopic (exact) mass is 354 g/mol. The third-order valence-corrected chi connectivity index (χ3v) is 4.94. The van der Waals surface area contributed by atoms with Gasteiger partial charge in [0, 0.05) is 31.7 Å². The molecule has 6 nitrogen and oxygen atoms in total. The van der Waals surface area contributed by atoms with Crippen molar-refractivity contribution in [2.75, 3.05) is 13.6 Å². The number of amides is 2. The fraction of sp³-hybridized carbons (Fsp3) is 0.450. The first kappa shape index (κ1) is 18.2. The number of nitrogens with zero attached hydrogens (tertiary/aromatic N) is 4. The van der Waals surface area contributed by atoms with Gasteiger partial charge in [0.2, 0.25) is 11.8 Å². The zero-order valence-corrected chi connectivity index (χ0v) is 15.9. The fourth-order valence-electron chi connectivity index (χ4n) is 3.43. The Morgan fingerprint density at radius 2 is 2.08 bits per heavy atom. The Bertz CT molecular complexity index is 827. The van der Waals surface area contributed by atoms with Gasteiger partial charge in [-0.25, -0.2) is 4.68 Å². The molecule has 1 aromatic heterocycles. The van der Waals surface area contributed by atoms with E-state index in [1.807, 2.05) is 55.8 Å². The fourth-order valence-corrected chi connectivity index (χ4v) is 3.43. The summed E-state index contributed by atoms with van der Waals surface area (Å²) in [6.07, 6.45) is 1.38. The number of likely N-dealkylation sites (N-methyl/N-ethyl adjacent to an activating group) is 1. The number of aryl methyl sites for hydroxylation is 2. The van der Waals surface area contributed by atoms with Crippen molar-refractivity contribution in [3.63, 3.8) is 0 Å². The van der Waals surface area contributed by atoms with Crippen molar-refractivity contribution in [1.29, 1.82) is 0 Å². The first-order valence-electron chi connectivity index (χ1n) is 9.01. The summed E-state index contributed by atoms with van der Waals surface area (Å²) in [6, 6.07) is 10.2. The average molecular weight is 354 g/mol. The number of rotatable bonds is 5. The van der Waals surface area contributed by atoms with E-state index >= 15 is 0 Å². The van der Waals surface area contributed by atoms with Crippen LogP contribution in [0.25, 0.3) is 5.69 Å². The zero-order valence-electron chi connectivity index (χ0n) is 15.9. The first-order chi connectivity index (χ1) is 12.3. The molecule has 1 atom stereocenters. The molecule has 0 N–H and O–H groups in total. The van der Waals surface area contributed by atoms with E-state index in [4.69, 9.17) is 0 Å². The molecule has 6 heteroatoms. The number of hydrogen-bond acceptors (Lipinski definition) is 3. The molecule has 0 aliphatic carbocycles. The lowest BCUT2D eigenvalue weighted by Crippen LogP contribution is -2.41. The van der Waals surface area contributed by atoms with Gasteiger partial charge in [0.25, 0.3) is 0 Å².